The van der Waals surface area contributed by atoms with E-state index in [1.807, 2.05) is 81.6 Å². The van der Waals surface area contributed by atoms with Crippen molar-refractivity contribution >= 4 is 29.7 Å². The van der Waals surface area contributed by atoms with E-state index in [1.54, 1.807) is 44.5 Å². The second kappa shape index (κ2) is 15.9. The zero-order valence-electron chi connectivity index (χ0n) is 26.5. The van der Waals surface area contributed by atoms with Gasteiger partial charge in [0.15, 0.2) is 0 Å². The molecule has 0 fully saturated rings. The molecule has 0 saturated heterocycles. The van der Waals surface area contributed by atoms with Gasteiger partial charge in [-0.1, -0.05) is 42.5 Å². The molecule has 0 spiro atoms. The zero-order chi connectivity index (χ0) is 31.5. The number of ether oxygens (including phenoxy) is 2. The Hall–Kier alpha value is -3.20. The maximum Gasteiger partial charge on any atom is 0.410 e. The van der Waals surface area contributed by atoms with Gasteiger partial charge in [-0.05, 0) is 96.1 Å². The molecule has 0 saturated carbocycles. The molecule has 0 radical (unpaired) electrons. The molecule has 3 amide bonds. The Morgan fingerprint density at radius 2 is 1.50 bits per heavy atom. The molecule has 42 heavy (non-hydrogen) atoms. The summed E-state index contributed by atoms with van der Waals surface area (Å²) in [5, 5.41) is 0. The van der Waals surface area contributed by atoms with Gasteiger partial charge in [0.2, 0.25) is 11.8 Å². The zero-order valence-corrected chi connectivity index (χ0v) is 27.3. The maximum absolute atomic E-state index is 14.4. The van der Waals surface area contributed by atoms with Crippen LogP contribution in [-0.2, 0) is 27.2 Å². The first-order valence-corrected chi connectivity index (χ1v) is 15.9. The molecule has 0 aromatic heterocycles. The third-order valence-corrected chi connectivity index (χ3v) is 7.14. The largest absolute Gasteiger partial charge is 0.488 e. The molecular weight excluding hydrogens is 550 g/mol. The summed E-state index contributed by atoms with van der Waals surface area (Å²) in [5.41, 5.74) is 6.77. The third-order valence-electron chi connectivity index (χ3n) is 6.50. The Balaban J connectivity index is 2.43. The molecule has 0 aliphatic rings. The highest BCUT2D eigenvalue weighted by molar-refractivity contribution is 7.98. The second-order valence-corrected chi connectivity index (χ2v) is 13.5. The van der Waals surface area contributed by atoms with Crippen LogP contribution in [0, 0.1) is 0 Å². The van der Waals surface area contributed by atoms with Gasteiger partial charge in [-0.2, -0.15) is 11.8 Å². The molecule has 0 heterocycles. The van der Waals surface area contributed by atoms with Crippen LogP contribution < -0.4 is 10.5 Å². The number of benzene rings is 2. The van der Waals surface area contributed by atoms with Crippen molar-refractivity contribution in [2.75, 3.05) is 25.6 Å². The standard InChI is InChI=1S/C33H49N3O5S/c1-32(2,3)40-26-18-16-25(17-19-26)23-28(35(7)31(39)41-33(4,5)6)30(38)36(27(29(34)37)20-22-42-8)21-12-15-24-13-10-9-11-14-24/h9-11,13-14,16-19,27-28H,12,15,20-23H2,1-8H3,(H2,34,37)/t27-,28+/m1/s1. The molecule has 2 atom stereocenters. The van der Waals surface area contributed by atoms with E-state index in [0.29, 0.717) is 30.9 Å². The van der Waals surface area contributed by atoms with E-state index in [2.05, 4.69) is 0 Å². The Morgan fingerprint density at radius 3 is 2.02 bits per heavy atom. The van der Waals surface area contributed by atoms with Crippen LogP contribution in [0.4, 0.5) is 4.79 Å². The molecule has 0 aliphatic carbocycles. The highest BCUT2D eigenvalue weighted by Gasteiger charge is 2.37. The molecule has 9 heteroatoms. The van der Waals surface area contributed by atoms with Gasteiger partial charge >= 0.3 is 6.09 Å². The number of amides is 3. The fourth-order valence-electron chi connectivity index (χ4n) is 4.51. The van der Waals surface area contributed by atoms with Crippen molar-refractivity contribution in [1.29, 1.82) is 0 Å². The van der Waals surface area contributed by atoms with Gasteiger partial charge in [0.05, 0.1) is 0 Å². The molecule has 0 bridgehead atoms. The number of hydrogen-bond donors (Lipinski definition) is 1. The number of likely N-dealkylation sites (N-methyl/N-ethyl adjacent to an activating group) is 1. The van der Waals surface area contributed by atoms with E-state index in [1.165, 1.54) is 4.90 Å². The average Bonchev–Trinajstić information content (AvgIpc) is 2.89. The summed E-state index contributed by atoms with van der Waals surface area (Å²) in [4.78, 5) is 43.2. The van der Waals surface area contributed by atoms with Crippen LogP contribution in [0.3, 0.4) is 0 Å². The van der Waals surface area contributed by atoms with E-state index in [9.17, 15) is 14.4 Å². The van der Waals surface area contributed by atoms with Crippen molar-refractivity contribution in [2.24, 2.45) is 5.73 Å². The van der Waals surface area contributed by atoms with Crippen LogP contribution in [0.1, 0.15) is 65.5 Å². The molecule has 2 N–H and O–H groups in total. The first-order valence-electron chi connectivity index (χ1n) is 14.5. The number of thioether (sulfide) groups is 1. The van der Waals surface area contributed by atoms with Crippen molar-refractivity contribution in [2.45, 2.75) is 90.5 Å². The Morgan fingerprint density at radius 1 is 0.881 bits per heavy atom. The molecule has 0 unspecified atom stereocenters. The number of hydrogen-bond acceptors (Lipinski definition) is 6. The quantitative estimate of drug-likeness (QED) is 0.299. The highest BCUT2D eigenvalue weighted by Crippen LogP contribution is 2.22. The average molecular weight is 600 g/mol. The lowest BCUT2D eigenvalue weighted by molar-refractivity contribution is -0.143. The van der Waals surface area contributed by atoms with Crippen LogP contribution in [0.25, 0.3) is 0 Å². The summed E-state index contributed by atoms with van der Waals surface area (Å²) in [6, 6.07) is 15.8. The molecule has 2 aromatic rings. The van der Waals surface area contributed by atoms with Crippen molar-refractivity contribution in [3.8, 4) is 5.75 Å². The number of carbonyl (C=O) groups excluding carboxylic acids is 3. The molecule has 8 nitrogen and oxygen atoms in total. The molecular formula is C33H49N3O5S. The van der Waals surface area contributed by atoms with E-state index in [-0.39, 0.29) is 17.9 Å². The van der Waals surface area contributed by atoms with Gasteiger partial charge in [0.25, 0.3) is 0 Å². The summed E-state index contributed by atoms with van der Waals surface area (Å²) in [5.74, 6) is 0.483. The fraction of sp³-hybridized carbons (Fsp3) is 0.545. The van der Waals surface area contributed by atoms with E-state index in [0.717, 1.165) is 17.5 Å². The number of carbonyl (C=O) groups is 3. The number of primary amides is 1. The minimum atomic E-state index is -0.915. The van der Waals surface area contributed by atoms with Crippen molar-refractivity contribution in [1.82, 2.24) is 9.80 Å². The van der Waals surface area contributed by atoms with E-state index in [4.69, 9.17) is 15.2 Å². The van der Waals surface area contributed by atoms with Gasteiger partial charge in [-0.25, -0.2) is 4.79 Å². The number of aryl methyl sites for hydroxylation is 1. The number of nitrogens with zero attached hydrogens (tertiary/aromatic N) is 2. The maximum atomic E-state index is 14.4. The van der Waals surface area contributed by atoms with Crippen LogP contribution in [-0.4, -0.2) is 76.6 Å². The summed E-state index contributed by atoms with van der Waals surface area (Å²) < 4.78 is 11.6. The molecule has 2 aromatic carbocycles. The first-order chi connectivity index (χ1) is 19.6. The fourth-order valence-corrected chi connectivity index (χ4v) is 4.97. The van der Waals surface area contributed by atoms with Crippen LogP contribution in [0.2, 0.25) is 0 Å². The molecule has 2 rings (SSSR count). The summed E-state index contributed by atoms with van der Waals surface area (Å²) in [6.45, 7) is 11.6. The predicted octanol–water partition coefficient (Wildman–Crippen LogP) is 5.71. The normalized spacial score (nSPS) is 13.1. The Labute approximate surface area is 256 Å². The lowest BCUT2D eigenvalue weighted by atomic mass is 10.0. The number of nitrogens with two attached hydrogens (primary N) is 1. The summed E-state index contributed by atoms with van der Waals surface area (Å²) >= 11 is 1.59. The Bertz CT molecular complexity index is 1140. The SMILES string of the molecule is CSCC[C@H](C(N)=O)N(CCCc1ccccc1)C(=O)[C@H](Cc1ccc(OC(C)(C)C)cc1)N(C)C(=O)OC(C)(C)C. The minimum absolute atomic E-state index is 0.230. The molecule has 0 aliphatic heterocycles. The monoisotopic (exact) mass is 599 g/mol. The minimum Gasteiger partial charge on any atom is -0.488 e. The topological polar surface area (TPSA) is 102 Å². The van der Waals surface area contributed by atoms with Gasteiger partial charge in [-0.15, -0.1) is 0 Å². The van der Waals surface area contributed by atoms with Crippen molar-refractivity contribution < 1.29 is 23.9 Å². The predicted molar refractivity (Wildman–Crippen MR) is 171 cm³/mol. The highest BCUT2D eigenvalue weighted by atomic mass is 32.2. The Kier molecular flexibility index (Phi) is 13.2. The van der Waals surface area contributed by atoms with Crippen molar-refractivity contribution in [3.05, 3.63) is 65.7 Å². The van der Waals surface area contributed by atoms with Gasteiger partial charge in [0.1, 0.15) is 29.0 Å². The smallest absolute Gasteiger partial charge is 0.410 e. The van der Waals surface area contributed by atoms with Crippen LogP contribution in [0.5, 0.6) is 5.75 Å². The summed E-state index contributed by atoms with van der Waals surface area (Å²) in [7, 11) is 1.57. The van der Waals surface area contributed by atoms with E-state index >= 15 is 0 Å². The van der Waals surface area contributed by atoms with Gasteiger partial charge < -0.3 is 20.1 Å². The number of rotatable bonds is 14. The van der Waals surface area contributed by atoms with E-state index < -0.39 is 29.7 Å². The van der Waals surface area contributed by atoms with Crippen molar-refractivity contribution in [3.63, 3.8) is 0 Å². The lowest BCUT2D eigenvalue weighted by Crippen LogP contribution is -2.57. The van der Waals surface area contributed by atoms with Gasteiger partial charge in [0, 0.05) is 20.0 Å². The first kappa shape index (κ1) is 35.0. The third kappa shape index (κ3) is 12.0. The molecule has 232 valence electrons. The second-order valence-electron chi connectivity index (χ2n) is 12.5. The van der Waals surface area contributed by atoms with Gasteiger partial charge in [-0.3, -0.25) is 14.5 Å². The van der Waals surface area contributed by atoms with Crippen LogP contribution >= 0.6 is 11.8 Å². The lowest BCUT2D eigenvalue weighted by Gasteiger charge is -2.36. The summed E-state index contributed by atoms with van der Waals surface area (Å²) in [6.07, 6.45) is 3.37. The van der Waals surface area contributed by atoms with Crippen LogP contribution in [0.15, 0.2) is 54.6 Å².